The molecule has 1 rings (SSSR count). The predicted molar refractivity (Wildman–Crippen MR) is 84.8 cm³/mol. The van der Waals surface area contributed by atoms with Crippen molar-refractivity contribution in [1.29, 1.82) is 5.26 Å². The molecule has 0 aliphatic carbocycles. The monoisotopic (exact) mass is 376 g/mol. The highest BCUT2D eigenvalue weighted by molar-refractivity contribution is 14.0. The summed E-state index contributed by atoms with van der Waals surface area (Å²) in [6, 6.07) is 6.20. The van der Waals surface area contributed by atoms with Gasteiger partial charge in [-0.15, -0.1) is 24.0 Å². The first-order valence-corrected chi connectivity index (χ1v) is 5.89. The Morgan fingerprint density at radius 2 is 2.26 bits per heavy atom. The van der Waals surface area contributed by atoms with Crippen molar-refractivity contribution in [2.45, 2.75) is 26.3 Å². The molecule has 104 valence electrons. The van der Waals surface area contributed by atoms with Gasteiger partial charge in [0.15, 0.2) is 5.96 Å². The van der Waals surface area contributed by atoms with Crippen LogP contribution in [-0.4, -0.2) is 12.5 Å². The van der Waals surface area contributed by atoms with E-state index in [-0.39, 0.29) is 30.5 Å². The SMILES string of the molecule is CCCCNC(N)=NCc1ccc(C#N)cc1F.I. The zero-order valence-electron chi connectivity index (χ0n) is 10.8. The largest absolute Gasteiger partial charge is 0.370 e. The molecule has 0 aromatic heterocycles. The molecular weight excluding hydrogens is 358 g/mol. The van der Waals surface area contributed by atoms with E-state index in [9.17, 15) is 4.39 Å². The lowest BCUT2D eigenvalue weighted by Gasteiger charge is -2.05. The number of nitrogens with zero attached hydrogens (tertiary/aromatic N) is 2. The highest BCUT2D eigenvalue weighted by atomic mass is 127. The number of hydrogen-bond donors (Lipinski definition) is 2. The lowest BCUT2D eigenvalue weighted by Crippen LogP contribution is -2.32. The van der Waals surface area contributed by atoms with Crippen LogP contribution < -0.4 is 11.1 Å². The van der Waals surface area contributed by atoms with Crippen LogP contribution in [0.4, 0.5) is 4.39 Å². The Kier molecular flexibility index (Phi) is 8.87. The average Bonchev–Trinajstić information content (AvgIpc) is 2.37. The van der Waals surface area contributed by atoms with Gasteiger partial charge >= 0.3 is 0 Å². The molecular formula is C13H18FIN4. The first-order valence-electron chi connectivity index (χ1n) is 5.89. The summed E-state index contributed by atoms with van der Waals surface area (Å²) >= 11 is 0. The van der Waals surface area contributed by atoms with Gasteiger partial charge in [0.05, 0.1) is 18.2 Å². The van der Waals surface area contributed by atoms with E-state index < -0.39 is 5.82 Å². The van der Waals surface area contributed by atoms with Gasteiger partial charge in [0, 0.05) is 12.1 Å². The van der Waals surface area contributed by atoms with Crippen LogP contribution in [0, 0.1) is 17.1 Å². The van der Waals surface area contributed by atoms with Crippen LogP contribution in [0.1, 0.15) is 30.9 Å². The van der Waals surface area contributed by atoms with Gasteiger partial charge in [0.1, 0.15) is 5.82 Å². The van der Waals surface area contributed by atoms with Crippen molar-refractivity contribution >= 4 is 29.9 Å². The maximum Gasteiger partial charge on any atom is 0.188 e. The van der Waals surface area contributed by atoms with Crippen molar-refractivity contribution in [1.82, 2.24) is 5.32 Å². The van der Waals surface area contributed by atoms with Crippen LogP contribution in [0.5, 0.6) is 0 Å². The Morgan fingerprint density at radius 1 is 1.53 bits per heavy atom. The number of hydrogen-bond acceptors (Lipinski definition) is 2. The standard InChI is InChI=1S/C13H17FN4.HI/c1-2-3-6-17-13(16)18-9-11-5-4-10(8-15)7-12(11)14;/h4-5,7H,2-3,6,9H2,1H3,(H3,16,17,18);1H. The van der Waals surface area contributed by atoms with E-state index in [1.54, 1.807) is 12.1 Å². The maximum atomic E-state index is 13.5. The lowest BCUT2D eigenvalue weighted by atomic mass is 10.1. The summed E-state index contributed by atoms with van der Waals surface area (Å²) < 4.78 is 13.5. The summed E-state index contributed by atoms with van der Waals surface area (Å²) in [4.78, 5) is 4.04. The molecule has 0 amide bonds. The molecule has 0 radical (unpaired) electrons. The van der Waals surface area contributed by atoms with Crippen LogP contribution >= 0.6 is 24.0 Å². The number of halogens is 2. The molecule has 6 heteroatoms. The minimum atomic E-state index is -0.431. The van der Waals surface area contributed by atoms with Crippen molar-refractivity contribution in [3.63, 3.8) is 0 Å². The first-order chi connectivity index (χ1) is 8.67. The number of nitrogens with one attached hydrogen (secondary N) is 1. The molecule has 3 N–H and O–H groups in total. The normalized spacial score (nSPS) is 10.5. The number of benzene rings is 1. The molecule has 0 aliphatic heterocycles. The van der Waals surface area contributed by atoms with E-state index in [0.717, 1.165) is 19.4 Å². The summed E-state index contributed by atoms with van der Waals surface area (Å²) in [5.74, 6) is -0.119. The Hall–Kier alpha value is -1.36. The molecule has 19 heavy (non-hydrogen) atoms. The third-order valence-electron chi connectivity index (χ3n) is 2.44. The molecule has 0 saturated heterocycles. The Bertz CT molecular complexity index is 468. The molecule has 0 aliphatic rings. The van der Waals surface area contributed by atoms with Gasteiger partial charge in [-0.2, -0.15) is 5.26 Å². The van der Waals surface area contributed by atoms with E-state index in [1.165, 1.54) is 6.07 Å². The number of nitrogens with two attached hydrogens (primary N) is 1. The third-order valence-corrected chi connectivity index (χ3v) is 2.44. The van der Waals surface area contributed by atoms with E-state index in [1.807, 2.05) is 6.07 Å². The van der Waals surface area contributed by atoms with Crippen molar-refractivity contribution < 1.29 is 4.39 Å². The summed E-state index contributed by atoms with van der Waals surface area (Å²) in [5.41, 5.74) is 6.36. The Labute approximate surface area is 129 Å². The fraction of sp³-hybridized carbons (Fsp3) is 0.385. The highest BCUT2D eigenvalue weighted by Crippen LogP contribution is 2.10. The van der Waals surface area contributed by atoms with Gasteiger partial charge in [-0.1, -0.05) is 19.4 Å². The van der Waals surface area contributed by atoms with Gasteiger partial charge in [-0.05, 0) is 18.6 Å². The molecule has 0 heterocycles. The minimum absolute atomic E-state index is 0. The summed E-state index contributed by atoms with van der Waals surface area (Å²) in [7, 11) is 0. The van der Waals surface area contributed by atoms with Gasteiger partial charge in [0.25, 0.3) is 0 Å². The first kappa shape index (κ1) is 17.6. The molecule has 0 unspecified atom stereocenters. The predicted octanol–water partition coefficient (Wildman–Crippen LogP) is 2.52. The van der Waals surface area contributed by atoms with Crippen molar-refractivity contribution in [3.8, 4) is 6.07 Å². The second-order valence-corrected chi connectivity index (χ2v) is 3.90. The zero-order valence-corrected chi connectivity index (χ0v) is 13.1. The minimum Gasteiger partial charge on any atom is -0.370 e. The molecule has 0 spiro atoms. The van der Waals surface area contributed by atoms with Gasteiger partial charge in [0.2, 0.25) is 0 Å². The van der Waals surface area contributed by atoms with Gasteiger partial charge in [-0.25, -0.2) is 9.38 Å². The number of nitriles is 1. The summed E-state index contributed by atoms with van der Waals surface area (Å²) in [5, 5.41) is 11.6. The lowest BCUT2D eigenvalue weighted by molar-refractivity contribution is 0.610. The fourth-order valence-electron chi connectivity index (χ4n) is 1.36. The molecule has 0 fully saturated rings. The smallest absolute Gasteiger partial charge is 0.188 e. The van der Waals surface area contributed by atoms with Gasteiger partial charge < -0.3 is 11.1 Å². The van der Waals surface area contributed by atoms with Gasteiger partial charge in [-0.3, -0.25) is 0 Å². The highest BCUT2D eigenvalue weighted by Gasteiger charge is 2.02. The number of aliphatic imine (C=N–C) groups is 1. The molecule has 0 saturated carbocycles. The number of unbranched alkanes of at least 4 members (excludes halogenated alkanes) is 1. The third kappa shape index (κ3) is 6.38. The van der Waals surface area contributed by atoms with E-state index in [0.29, 0.717) is 17.1 Å². The average molecular weight is 376 g/mol. The quantitative estimate of drug-likeness (QED) is 0.359. The Balaban J connectivity index is 0.00000324. The molecule has 0 bridgehead atoms. The fourth-order valence-corrected chi connectivity index (χ4v) is 1.36. The zero-order chi connectivity index (χ0) is 13.4. The second-order valence-electron chi connectivity index (χ2n) is 3.90. The van der Waals surface area contributed by atoms with E-state index in [2.05, 4.69) is 17.2 Å². The second kappa shape index (κ2) is 9.55. The van der Waals surface area contributed by atoms with E-state index in [4.69, 9.17) is 11.0 Å². The van der Waals surface area contributed by atoms with Crippen LogP contribution in [0.15, 0.2) is 23.2 Å². The molecule has 1 aromatic rings. The van der Waals surface area contributed by atoms with Crippen LogP contribution in [-0.2, 0) is 6.54 Å². The molecule has 4 nitrogen and oxygen atoms in total. The van der Waals surface area contributed by atoms with E-state index >= 15 is 0 Å². The summed E-state index contributed by atoms with van der Waals surface area (Å²) in [6.45, 7) is 3.02. The molecule has 1 aromatic carbocycles. The van der Waals surface area contributed by atoms with Crippen molar-refractivity contribution in [3.05, 3.63) is 35.1 Å². The topological polar surface area (TPSA) is 74.2 Å². The van der Waals surface area contributed by atoms with Crippen LogP contribution in [0.25, 0.3) is 0 Å². The van der Waals surface area contributed by atoms with Crippen LogP contribution in [0.2, 0.25) is 0 Å². The Morgan fingerprint density at radius 3 is 2.84 bits per heavy atom. The van der Waals surface area contributed by atoms with Crippen LogP contribution in [0.3, 0.4) is 0 Å². The number of guanidine groups is 1. The number of rotatable bonds is 5. The summed E-state index contributed by atoms with van der Waals surface area (Å²) in [6.07, 6.45) is 2.09. The van der Waals surface area contributed by atoms with Crippen molar-refractivity contribution in [2.24, 2.45) is 10.7 Å². The van der Waals surface area contributed by atoms with Crippen molar-refractivity contribution in [2.75, 3.05) is 6.54 Å². The molecule has 0 atom stereocenters. The maximum absolute atomic E-state index is 13.5.